The summed E-state index contributed by atoms with van der Waals surface area (Å²) in [6.07, 6.45) is 3.06. The molecule has 1 aromatic carbocycles. The molecule has 1 aromatic rings. The quantitative estimate of drug-likeness (QED) is 0.364. The Labute approximate surface area is 125 Å². The summed E-state index contributed by atoms with van der Waals surface area (Å²) in [6, 6.07) is -0.416. The van der Waals surface area contributed by atoms with Gasteiger partial charge in [0, 0.05) is 10.9 Å². The van der Waals surface area contributed by atoms with Crippen molar-refractivity contribution in [3.63, 3.8) is 0 Å². The predicted molar refractivity (Wildman–Crippen MR) is 68.7 cm³/mol. The lowest BCUT2D eigenvalue weighted by atomic mass is 9.95. The van der Waals surface area contributed by atoms with Gasteiger partial charge in [-0.1, -0.05) is 28.8 Å². The molecule has 1 amide bonds. The summed E-state index contributed by atoms with van der Waals surface area (Å²) in [5, 5.41) is 2.32. The Balaban J connectivity index is 2.31. The second-order valence-corrected chi connectivity index (χ2v) is 6.00. The first-order chi connectivity index (χ1) is 9.84. The SMILES string of the molecule is O=C(NC1CCCCC1Br)c1c(F)c(F)c(F)c(F)c1F. The molecule has 116 valence electrons. The van der Waals surface area contributed by atoms with Crippen LogP contribution in [0.3, 0.4) is 0 Å². The summed E-state index contributed by atoms with van der Waals surface area (Å²) in [5.74, 6) is -12.1. The van der Waals surface area contributed by atoms with Crippen molar-refractivity contribution in [3.8, 4) is 0 Å². The van der Waals surface area contributed by atoms with Crippen molar-refractivity contribution in [1.82, 2.24) is 5.32 Å². The molecular formula is C13H11BrF5NO. The lowest BCUT2D eigenvalue weighted by Crippen LogP contribution is -2.43. The molecule has 2 atom stereocenters. The van der Waals surface area contributed by atoms with E-state index in [9.17, 15) is 26.7 Å². The van der Waals surface area contributed by atoms with E-state index in [0.29, 0.717) is 6.42 Å². The van der Waals surface area contributed by atoms with Crippen LogP contribution in [0.15, 0.2) is 0 Å². The van der Waals surface area contributed by atoms with Crippen molar-refractivity contribution < 1.29 is 26.7 Å². The van der Waals surface area contributed by atoms with Crippen LogP contribution < -0.4 is 5.32 Å². The van der Waals surface area contributed by atoms with Crippen molar-refractivity contribution in [2.24, 2.45) is 0 Å². The van der Waals surface area contributed by atoms with Crippen molar-refractivity contribution in [1.29, 1.82) is 0 Å². The molecule has 21 heavy (non-hydrogen) atoms. The Bertz CT molecular complexity index is 551. The molecule has 0 spiro atoms. The van der Waals surface area contributed by atoms with Gasteiger partial charge in [-0.15, -0.1) is 0 Å². The van der Waals surface area contributed by atoms with Crippen LogP contribution in [-0.2, 0) is 0 Å². The van der Waals surface area contributed by atoms with Gasteiger partial charge in [0.05, 0.1) is 0 Å². The van der Waals surface area contributed by atoms with Crippen LogP contribution in [0.1, 0.15) is 36.0 Å². The van der Waals surface area contributed by atoms with Crippen LogP contribution in [0.25, 0.3) is 0 Å². The van der Waals surface area contributed by atoms with Gasteiger partial charge >= 0.3 is 0 Å². The highest BCUT2D eigenvalue weighted by molar-refractivity contribution is 9.09. The molecule has 0 saturated heterocycles. The number of alkyl halides is 1. The van der Waals surface area contributed by atoms with E-state index < -0.39 is 46.6 Å². The molecule has 1 aliphatic rings. The van der Waals surface area contributed by atoms with Gasteiger partial charge in [-0.3, -0.25) is 4.79 Å². The van der Waals surface area contributed by atoms with Gasteiger partial charge in [-0.2, -0.15) is 0 Å². The van der Waals surface area contributed by atoms with Crippen molar-refractivity contribution in [3.05, 3.63) is 34.6 Å². The van der Waals surface area contributed by atoms with Crippen molar-refractivity contribution in [2.75, 3.05) is 0 Å². The second kappa shape index (κ2) is 6.29. The zero-order valence-electron chi connectivity index (χ0n) is 10.7. The van der Waals surface area contributed by atoms with Crippen LogP contribution in [0, 0.1) is 29.1 Å². The van der Waals surface area contributed by atoms with E-state index in [4.69, 9.17) is 0 Å². The number of carbonyl (C=O) groups is 1. The van der Waals surface area contributed by atoms with E-state index in [0.717, 1.165) is 19.3 Å². The average Bonchev–Trinajstić information content (AvgIpc) is 2.46. The highest BCUT2D eigenvalue weighted by Crippen LogP contribution is 2.26. The molecule has 1 fully saturated rings. The van der Waals surface area contributed by atoms with Gasteiger partial charge in [0.15, 0.2) is 23.3 Å². The zero-order valence-corrected chi connectivity index (χ0v) is 12.2. The molecule has 2 rings (SSSR count). The largest absolute Gasteiger partial charge is 0.348 e. The number of nitrogens with one attached hydrogen (secondary N) is 1. The maximum Gasteiger partial charge on any atom is 0.257 e. The minimum absolute atomic E-state index is 0.100. The Morgan fingerprint density at radius 2 is 1.38 bits per heavy atom. The third kappa shape index (κ3) is 3.04. The summed E-state index contributed by atoms with van der Waals surface area (Å²) < 4.78 is 66.1. The maximum atomic E-state index is 13.5. The summed E-state index contributed by atoms with van der Waals surface area (Å²) in [6.45, 7) is 0. The fourth-order valence-corrected chi connectivity index (χ4v) is 3.01. The highest BCUT2D eigenvalue weighted by atomic mass is 79.9. The van der Waals surface area contributed by atoms with E-state index >= 15 is 0 Å². The van der Waals surface area contributed by atoms with E-state index in [1.54, 1.807) is 0 Å². The Hall–Kier alpha value is -1.18. The second-order valence-electron chi connectivity index (χ2n) is 4.83. The van der Waals surface area contributed by atoms with E-state index in [2.05, 4.69) is 21.2 Å². The monoisotopic (exact) mass is 371 g/mol. The number of rotatable bonds is 2. The molecule has 0 aliphatic heterocycles. The Morgan fingerprint density at radius 1 is 0.905 bits per heavy atom. The summed E-state index contributed by atoms with van der Waals surface area (Å²) >= 11 is 3.32. The van der Waals surface area contributed by atoms with Crippen LogP contribution in [0.2, 0.25) is 0 Å². The van der Waals surface area contributed by atoms with Gasteiger partial charge in [-0.25, -0.2) is 22.0 Å². The highest BCUT2D eigenvalue weighted by Gasteiger charge is 2.32. The number of benzene rings is 1. The van der Waals surface area contributed by atoms with E-state index in [-0.39, 0.29) is 4.83 Å². The predicted octanol–water partition coefficient (Wildman–Crippen LogP) is 3.82. The van der Waals surface area contributed by atoms with Gasteiger partial charge in [0.25, 0.3) is 5.91 Å². The van der Waals surface area contributed by atoms with E-state index in [1.807, 2.05) is 0 Å². The van der Waals surface area contributed by atoms with Gasteiger partial charge in [-0.05, 0) is 12.8 Å². The third-order valence-electron chi connectivity index (χ3n) is 3.43. The third-order valence-corrected chi connectivity index (χ3v) is 4.53. The average molecular weight is 372 g/mol. The summed E-state index contributed by atoms with van der Waals surface area (Å²) in [7, 11) is 0. The van der Waals surface area contributed by atoms with Crippen LogP contribution >= 0.6 is 15.9 Å². The first-order valence-corrected chi connectivity index (χ1v) is 7.22. The lowest BCUT2D eigenvalue weighted by Gasteiger charge is -2.28. The number of amides is 1. The fourth-order valence-electron chi connectivity index (χ4n) is 2.29. The Morgan fingerprint density at radius 3 is 1.90 bits per heavy atom. The van der Waals surface area contributed by atoms with Crippen molar-refractivity contribution in [2.45, 2.75) is 36.6 Å². The number of halogens is 6. The molecule has 1 saturated carbocycles. The molecule has 0 heterocycles. The Kier molecular flexibility index (Phi) is 4.85. The number of hydrogen-bond donors (Lipinski definition) is 1. The molecule has 2 unspecified atom stereocenters. The minimum atomic E-state index is -2.28. The number of hydrogen-bond acceptors (Lipinski definition) is 1. The van der Waals surface area contributed by atoms with Crippen molar-refractivity contribution >= 4 is 21.8 Å². The summed E-state index contributed by atoms with van der Waals surface area (Å²) in [5.41, 5.74) is -1.45. The molecule has 0 radical (unpaired) electrons. The smallest absolute Gasteiger partial charge is 0.257 e. The molecule has 1 N–H and O–H groups in total. The van der Waals surface area contributed by atoms with Gasteiger partial charge < -0.3 is 5.32 Å². The minimum Gasteiger partial charge on any atom is -0.348 e. The normalized spacial score (nSPS) is 22.2. The zero-order chi connectivity index (χ0) is 15.7. The molecule has 0 bridgehead atoms. The number of carbonyl (C=O) groups excluding carboxylic acids is 1. The fraction of sp³-hybridized carbons (Fsp3) is 0.462. The first kappa shape index (κ1) is 16.2. The van der Waals surface area contributed by atoms with E-state index in [1.165, 1.54) is 0 Å². The molecule has 2 nitrogen and oxygen atoms in total. The van der Waals surface area contributed by atoms with Crippen LogP contribution in [0.4, 0.5) is 22.0 Å². The molecule has 8 heteroatoms. The molecule has 1 aliphatic carbocycles. The molecular weight excluding hydrogens is 361 g/mol. The lowest BCUT2D eigenvalue weighted by molar-refractivity contribution is 0.0918. The summed E-state index contributed by atoms with van der Waals surface area (Å²) in [4.78, 5) is 11.7. The van der Waals surface area contributed by atoms with Crippen LogP contribution in [0.5, 0.6) is 0 Å². The maximum absolute atomic E-state index is 13.5. The van der Waals surface area contributed by atoms with Gasteiger partial charge in [0.1, 0.15) is 5.56 Å². The first-order valence-electron chi connectivity index (χ1n) is 6.31. The topological polar surface area (TPSA) is 29.1 Å². The van der Waals surface area contributed by atoms with Gasteiger partial charge in [0.2, 0.25) is 5.82 Å². The van der Waals surface area contributed by atoms with Crippen LogP contribution in [-0.4, -0.2) is 16.8 Å². The standard InChI is InChI=1S/C13H11BrF5NO/c14-5-3-1-2-4-6(5)20-13(21)7-8(15)10(17)12(19)11(18)9(7)16/h5-6H,1-4H2,(H,20,21). The molecule has 0 aromatic heterocycles.